The summed E-state index contributed by atoms with van der Waals surface area (Å²) in [7, 11) is 0. The molecule has 1 fully saturated rings. The average molecular weight is 325 g/mol. The van der Waals surface area contributed by atoms with Gasteiger partial charge in [0.2, 0.25) is 5.91 Å². The van der Waals surface area contributed by atoms with Crippen LogP contribution < -0.4 is 16.0 Å². The molecule has 126 valence electrons. The molecule has 0 heterocycles. The average Bonchev–Trinajstić information content (AvgIpc) is 2.52. The van der Waals surface area contributed by atoms with E-state index in [9.17, 15) is 18.4 Å². The molecule has 1 aromatic carbocycles. The highest BCUT2D eigenvalue weighted by atomic mass is 19.1. The van der Waals surface area contributed by atoms with Crippen molar-refractivity contribution in [1.29, 1.82) is 0 Å². The molecule has 0 aromatic heterocycles. The molecule has 3 amide bonds. The van der Waals surface area contributed by atoms with Crippen molar-refractivity contribution in [3.05, 3.63) is 29.8 Å². The summed E-state index contributed by atoms with van der Waals surface area (Å²) in [5.74, 6) is -1.83. The van der Waals surface area contributed by atoms with E-state index in [1.54, 1.807) is 0 Å². The van der Waals surface area contributed by atoms with Crippen molar-refractivity contribution in [2.24, 2.45) is 0 Å². The summed E-state index contributed by atoms with van der Waals surface area (Å²) in [5.41, 5.74) is -0.207. The van der Waals surface area contributed by atoms with Gasteiger partial charge in [-0.05, 0) is 25.0 Å². The third-order valence-corrected chi connectivity index (χ3v) is 3.78. The summed E-state index contributed by atoms with van der Waals surface area (Å²) in [6.07, 6.45) is 5.38. The number of halogens is 2. The zero-order valence-corrected chi connectivity index (χ0v) is 12.8. The number of hydrogen-bond acceptors (Lipinski definition) is 2. The molecule has 1 saturated carbocycles. The standard InChI is InChI=1S/C16H21F2N3O2/c17-11-6-7-13(18)14(10-11)21-15(22)8-9-19-16(23)20-12-4-2-1-3-5-12/h6-7,10,12H,1-5,8-9H2,(H,21,22)(H2,19,20,23). The van der Waals surface area contributed by atoms with Gasteiger partial charge in [0.15, 0.2) is 0 Å². The minimum absolute atomic E-state index is 0.0198. The van der Waals surface area contributed by atoms with E-state index in [-0.39, 0.29) is 30.7 Å². The summed E-state index contributed by atoms with van der Waals surface area (Å²) < 4.78 is 26.4. The van der Waals surface area contributed by atoms with Crippen LogP contribution in [0, 0.1) is 11.6 Å². The number of carbonyl (C=O) groups excluding carboxylic acids is 2. The monoisotopic (exact) mass is 325 g/mol. The highest BCUT2D eigenvalue weighted by molar-refractivity contribution is 5.91. The maximum Gasteiger partial charge on any atom is 0.315 e. The number of amides is 3. The first-order chi connectivity index (χ1) is 11.0. The van der Waals surface area contributed by atoms with Crippen LogP contribution >= 0.6 is 0 Å². The van der Waals surface area contributed by atoms with Gasteiger partial charge in [-0.3, -0.25) is 4.79 Å². The Kier molecular flexibility index (Phi) is 6.31. The lowest BCUT2D eigenvalue weighted by atomic mass is 9.96. The van der Waals surface area contributed by atoms with Gasteiger partial charge in [-0.1, -0.05) is 19.3 Å². The van der Waals surface area contributed by atoms with Crippen molar-refractivity contribution in [3.8, 4) is 0 Å². The molecule has 0 unspecified atom stereocenters. The largest absolute Gasteiger partial charge is 0.338 e. The number of benzene rings is 1. The van der Waals surface area contributed by atoms with E-state index >= 15 is 0 Å². The molecule has 1 aliphatic carbocycles. The highest BCUT2D eigenvalue weighted by Gasteiger charge is 2.15. The van der Waals surface area contributed by atoms with Crippen LogP contribution in [0.1, 0.15) is 38.5 Å². The third-order valence-electron chi connectivity index (χ3n) is 3.78. The van der Waals surface area contributed by atoms with E-state index in [0.717, 1.165) is 43.9 Å². The summed E-state index contributed by atoms with van der Waals surface area (Å²) in [5, 5.41) is 7.74. The Hall–Kier alpha value is -2.18. The maximum atomic E-state index is 13.4. The Morgan fingerprint density at radius 1 is 1.13 bits per heavy atom. The molecule has 5 nitrogen and oxygen atoms in total. The molecular formula is C16H21F2N3O2. The second kappa shape index (κ2) is 8.45. The summed E-state index contributed by atoms with van der Waals surface area (Å²) in [4.78, 5) is 23.4. The smallest absolute Gasteiger partial charge is 0.315 e. The van der Waals surface area contributed by atoms with Gasteiger partial charge in [-0.25, -0.2) is 13.6 Å². The number of rotatable bonds is 5. The molecule has 0 radical (unpaired) electrons. The highest BCUT2D eigenvalue weighted by Crippen LogP contribution is 2.17. The molecule has 1 aliphatic rings. The number of urea groups is 1. The lowest BCUT2D eigenvalue weighted by Gasteiger charge is -2.22. The molecule has 3 N–H and O–H groups in total. The second-order valence-corrected chi connectivity index (χ2v) is 5.66. The Bertz CT molecular complexity index is 560. The second-order valence-electron chi connectivity index (χ2n) is 5.66. The van der Waals surface area contributed by atoms with Crippen LogP contribution in [-0.4, -0.2) is 24.5 Å². The van der Waals surface area contributed by atoms with Crippen LogP contribution in [0.2, 0.25) is 0 Å². The molecule has 0 saturated heterocycles. The Labute approximate surface area is 133 Å². The summed E-state index contributed by atoms with van der Waals surface area (Å²) >= 11 is 0. The van der Waals surface area contributed by atoms with Crippen molar-refractivity contribution in [1.82, 2.24) is 10.6 Å². The topological polar surface area (TPSA) is 70.2 Å². The van der Waals surface area contributed by atoms with Crippen molar-refractivity contribution >= 4 is 17.6 Å². The molecule has 2 rings (SSSR count). The van der Waals surface area contributed by atoms with Crippen molar-refractivity contribution < 1.29 is 18.4 Å². The van der Waals surface area contributed by atoms with Gasteiger partial charge in [-0.15, -0.1) is 0 Å². The molecular weight excluding hydrogens is 304 g/mol. The molecule has 23 heavy (non-hydrogen) atoms. The number of anilines is 1. The molecule has 0 spiro atoms. The van der Waals surface area contributed by atoms with Gasteiger partial charge < -0.3 is 16.0 Å². The van der Waals surface area contributed by atoms with Crippen molar-refractivity contribution in [3.63, 3.8) is 0 Å². The SMILES string of the molecule is O=C(CCNC(=O)NC1CCCCC1)Nc1cc(F)ccc1F. The van der Waals surface area contributed by atoms with Gasteiger partial charge in [0.05, 0.1) is 5.69 Å². The first-order valence-electron chi connectivity index (χ1n) is 7.84. The Balaban J connectivity index is 1.68. The summed E-state index contributed by atoms with van der Waals surface area (Å²) in [6, 6.07) is 2.72. The minimum Gasteiger partial charge on any atom is -0.338 e. The van der Waals surface area contributed by atoms with Gasteiger partial charge >= 0.3 is 6.03 Å². The van der Waals surface area contributed by atoms with E-state index in [0.29, 0.717) is 0 Å². The number of hydrogen-bond donors (Lipinski definition) is 3. The van der Waals surface area contributed by atoms with Crippen molar-refractivity contribution in [2.45, 2.75) is 44.6 Å². The lowest BCUT2D eigenvalue weighted by Crippen LogP contribution is -2.43. The van der Waals surface area contributed by atoms with Crippen LogP contribution in [-0.2, 0) is 4.79 Å². The normalized spacial score (nSPS) is 15.0. The van der Waals surface area contributed by atoms with Crippen LogP contribution in [0.4, 0.5) is 19.3 Å². The number of nitrogens with one attached hydrogen (secondary N) is 3. The van der Waals surface area contributed by atoms with E-state index in [1.165, 1.54) is 6.42 Å². The molecule has 1 aromatic rings. The first kappa shape index (κ1) is 17.2. The van der Waals surface area contributed by atoms with Crippen LogP contribution in [0.25, 0.3) is 0 Å². The zero-order chi connectivity index (χ0) is 16.7. The maximum absolute atomic E-state index is 13.4. The molecule has 0 bridgehead atoms. The predicted molar refractivity (Wildman–Crippen MR) is 83.0 cm³/mol. The van der Waals surface area contributed by atoms with Gasteiger partial charge in [0, 0.05) is 25.1 Å². The van der Waals surface area contributed by atoms with Crippen molar-refractivity contribution in [2.75, 3.05) is 11.9 Å². The quantitative estimate of drug-likeness (QED) is 0.779. The fourth-order valence-electron chi connectivity index (χ4n) is 2.58. The fraction of sp³-hybridized carbons (Fsp3) is 0.500. The van der Waals surface area contributed by atoms with E-state index in [2.05, 4.69) is 16.0 Å². The van der Waals surface area contributed by atoms with E-state index < -0.39 is 17.5 Å². The zero-order valence-electron chi connectivity index (χ0n) is 12.8. The van der Waals surface area contributed by atoms with Gasteiger partial charge in [0.1, 0.15) is 11.6 Å². The van der Waals surface area contributed by atoms with E-state index in [1.807, 2.05) is 0 Å². The summed E-state index contributed by atoms with van der Waals surface area (Å²) in [6.45, 7) is 0.126. The van der Waals surface area contributed by atoms with Gasteiger partial charge in [0.25, 0.3) is 0 Å². The van der Waals surface area contributed by atoms with Gasteiger partial charge in [-0.2, -0.15) is 0 Å². The van der Waals surface area contributed by atoms with Crippen LogP contribution in [0.15, 0.2) is 18.2 Å². The van der Waals surface area contributed by atoms with Crippen LogP contribution in [0.5, 0.6) is 0 Å². The molecule has 7 heteroatoms. The van der Waals surface area contributed by atoms with Crippen LogP contribution in [0.3, 0.4) is 0 Å². The fourth-order valence-corrected chi connectivity index (χ4v) is 2.58. The Morgan fingerprint density at radius 3 is 2.61 bits per heavy atom. The Morgan fingerprint density at radius 2 is 1.87 bits per heavy atom. The minimum atomic E-state index is -0.706. The number of carbonyl (C=O) groups is 2. The predicted octanol–water partition coefficient (Wildman–Crippen LogP) is 2.93. The lowest BCUT2D eigenvalue weighted by molar-refractivity contribution is -0.116. The molecule has 0 aliphatic heterocycles. The third kappa shape index (κ3) is 5.84. The van der Waals surface area contributed by atoms with E-state index in [4.69, 9.17) is 0 Å². The molecule has 0 atom stereocenters. The first-order valence-corrected chi connectivity index (χ1v) is 7.84.